The van der Waals surface area contributed by atoms with Gasteiger partial charge in [-0.05, 0) is 88.9 Å². The standard InChI is InChI=1S/C18H18I2N2O3/c1-12(2)25-18-15(19)8-13(9-16(18)20)10-21-22-17(23)11-24-14-6-4-3-5-7-14/h3-10,12H,11H2,1-2H3,(H,22,23)/b21-10-. The summed E-state index contributed by atoms with van der Waals surface area (Å²) in [6, 6.07) is 13.1. The van der Waals surface area contributed by atoms with Crippen LogP contribution in [0.25, 0.3) is 0 Å². The molecule has 132 valence electrons. The predicted molar refractivity (Wildman–Crippen MR) is 115 cm³/mol. The average molecular weight is 564 g/mol. The van der Waals surface area contributed by atoms with Crippen LogP contribution in [0.3, 0.4) is 0 Å². The molecule has 0 saturated carbocycles. The van der Waals surface area contributed by atoms with Crippen LogP contribution < -0.4 is 14.9 Å². The summed E-state index contributed by atoms with van der Waals surface area (Å²) in [6.07, 6.45) is 1.72. The lowest BCUT2D eigenvalue weighted by atomic mass is 10.2. The van der Waals surface area contributed by atoms with E-state index in [1.807, 2.05) is 44.2 Å². The molecule has 1 N–H and O–H groups in total. The number of carbonyl (C=O) groups is 1. The van der Waals surface area contributed by atoms with Crippen molar-refractivity contribution < 1.29 is 14.3 Å². The Morgan fingerprint density at radius 3 is 2.44 bits per heavy atom. The zero-order chi connectivity index (χ0) is 18.2. The van der Waals surface area contributed by atoms with Crippen LogP contribution in [0.15, 0.2) is 47.6 Å². The number of para-hydroxylation sites is 1. The number of hydrogen-bond acceptors (Lipinski definition) is 4. The molecule has 1 amide bonds. The van der Waals surface area contributed by atoms with Crippen molar-refractivity contribution in [1.82, 2.24) is 5.43 Å². The Bertz CT molecular complexity index is 726. The van der Waals surface area contributed by atoms with Gasteiger partial charge in [-0.1, -0.05) is 18.2 Å². The lowest BCUT2D eigenvalue weighted by Gasteiger charge is -2.14. The van der Waals surface area contributed by atoms with Gasteiger partial charge >= 0.3 is 0 Å². The molecule has 2 aromatic carbocycles. The van der Waals surface area contributed by atoms with Crippen molar-refractivity contribution in [3.05, 3.63) is 55.2 Å². The lowest BCUT2D eigenvalue weighted by Crippen LogP contribution is -2.24. The third-order valence-electron chi connectivity index (χ3n) is 2.89. The maximum atomic E-state index is 11.7. The van der Waals surface area contributed by atoms with E-state index in [0.29, 0.717) is 5.75 Å². The molecule has 0 bridgehead atoms. The molecule has 0 aromatic heterocycles. The summed E-state index contributed by atoms with van der Waals surface area (Å²) in [5.41, 5.74) is 3.34. The second kappa shape index (κ2) is 9.95. The number of nitrogens with zero attached hydrogens (tertiary/aromatic N) is 1. The molecule has 0 fully saturated rings. The summed E-state index contributed by atoms with van der Waals surface area (Å²) in [4.78, 5) is 11.7. The number of carbonyl (C=O) groups excluding carboxylic acids is 1. The van der Waals surface area contributed by atoms with E-state index in [0.717, 1.165) is 18.5 Å². The van der Waals surface area contributed by atoms with Gasteiger partial charge in [0.25, 0.3) is 5.91 Å². The first-order valence-electron chi connectivity index (χ1n) is 7.61. The van der Waals surface area contributed by atoms with Gasteiger partial charge in [-0.3, -0.25) is 4.79 Å². The Morgan fingerprint density at radius 2 is 1.84 bits per heavy atom. The van der Waals surface area contributed by atoms with Crippen LogP contribution in [-0.4, -0.2) is 24.8 Å². The van der Waals surface area contributed by atoms with Crippen molar-refractivity contribution >= 4 is 57.3 Å². The molecule has 5 nitrogen and oxygen atoms in total. The van der Waals surface area contributed by atoms with Crippen molar-refractivity contribution in [1.29, 1.82) is 0 Å². The van der Waals surface area contributed by atoms with Gasteiger partial charge in [0.15, 0.2) is 6.61 Å². The smallest absolute Gasteiger partial charge is 0.277 e. The van der Waals surface area contributed by atoms with E-state index in [1.165, 1.54) is 0 Å². The zero-order valence-electron chi connectivity index (χ0n) is 13.8. The highest BCUT2D eigenvalue weighted by Crippen LogP contribution is 2.29. The van der Waals surface area contributed by atoms with Gasteiger partial charge in [0.05, 0.1) is 19.5 Å². The number of ether oxygens (including phenoxy) is 2. The second-order valence-electron chi connectivity index (χ2n) is 5.38. The maximum absolute atomic E-state index is 11.7. The largest absolute Gasteiger partial charge is 0.489 e. The van der Waals surface area contributed by atoms with Gasteiger partial charge in [-0.25, -0.2) is 5.43 Å². The third-order valence-corrected chi connectivity index (χ3v) is 4.49. The van der Waals surface area contributed by atoms with E-state index in [2.05, 4.69) is 55.7 Å². The van der Waals surface area contributed by atoms with Crippen LogP contribution in [0.4, 0.5) is 0 Å². The maximum Gasteiger partial charge on any atom is 0.277 e. The minimum Gasteiger partial charge on any atom is -0.489 e. The number of amides is 1. The molecule has 0 saturated heterocycles. The van der Waals surface area contributed by atoms with Crippen molar-refractivity contribution in [2.45, 2.75) is 20.0 Å². The van der Waals surface area contributed by atoms with Crippen LogP contribution in [0.1, 0.15) is 19.4 Å². The van der Waals surface area contributed by atoms with Crippen molar-refractivity contribution in [2.24, 2.45) is 5.10 Å². The Kier molecular flexibility index (Phi) is 7.94. The number of hydrogen-bond donors (Lipinski definition) is 1. The first kappa shape index (κ1) is 20.0. The molecule has 0 aliphatic carbocycles. The molecule has 7 heteroatoms. The lowest BCUT2D eigenvalue weighted by molar-refractivity contribution is -0.123. The molecule has 2 rings (SSSR count). The topological polar surface area (TPSA) is 59.9 Å². The Morgan fingerprint density at radius 1 is 1.20 bits per heavy atom. The van der Waals surface area contributed by atoms with Crippen molar-refractivity contribution in [2.75, 3.05) is 6.61 Å². The molecular formula is C18H18I2N2O3. The van der Waals surface area contributed by atoms with E-state index in [4.69, 9.17) is 9.47 Å². The van der Waals surface area contributed by atoms with E-state index < -0.39 is 0 Å². The van der Waals surface area contributed by atoms with Gasteiger partial charge in [-0.2, -0.15) is 5.10 Å². The van der Waals surface area contributed by atoms with Crippen LogP contribution in [0.2, 0.25) is 0 Å². The highest BCUT2D eigenvalue weighted by atomic mass is 127. The quantitative estimate of drug-likeness (QED) is 0.312. The minimum atomic E-state index is -0.316. The molecule has 0 radical (unpaired) electrons. The number of nitrogens with one attached hydrogen (secondary N) is 1. The van der Waals surface area contributed by atoms with Gasteiger partial charge in [-0.15, -0.1) is 0 Å². The van der Waals surface area contributed by atoms with E-state index >= 15 is 0 Å². The van der Waals surface area contributed by atoms with E-state index in [-0.39, 0.29) is 18.6 Å². The summed E-state index contributed by atoms with van der Waals surface area (Å²) in [5.74, 6) is 1.20. The summed E-state index contributed by atoms with van der Waals surface area (Å²) in [7, 11) is 0. The van der Waals surface area contributed by atoms with Crippen molar-refractivity contribution in [3.63, 3.8) is 0 Å². The fourth-order valence-electron chi connectivity index (χ4n) is 1.88. The molecular weight excluding hydrogens is 546 g/mol. The van der Waals surface area contributed by atoms with Gasteiger partial charge < -0.3 is 9.47 Å². The molecule has 0 aliphatic heterocycles. The number of benzene rings is 2. The summed E-state index contributed by atoms with van der Waals surface area (Å²) >= 11 is 4.46. The second-order valence-corrected chi connectivity index (χ2v) is 7.70. The SMILES string of the molecule is CC(C)Oc1c(I)cc(/C=N\NC(=O)COc2ccccc2)cc1I. The summed E-state index contributed by atoms with van der Waals surface area (Å²) in [5, 5.41) is 3.97. The number of rotatable bonds is 7. The van der Waals surface area contributed by atoms with E-state index in [1.54, 1.807) is 18.3 Å². The Hall–Kier alpha value is -1.36. The Labute approximate surface area is 174 Å². The highest BCUT2D eigenvalue weighted by molar-refractivity contribution is 14.1. The number of halogens is 2. The fourth-order valence-corrected chi connectivity index (χ4v) is 3.95. The van der Waals surface area contributed by atoms with Crippen molar-refractivity contribution in [3.8, 4) is 11.5 Å². The van der Waals surface area contributed by atoms with E-state index in [9.17, 15) is 4.79 Å². The monoisotopic (exact) mass is 564 g/mol. The molecule has 0 unspecified atom stereocenters. The highest BCUT2D eigenvalue weighted by Gasteiger charge is 2.10. The predicted octanol–water partition coefficient (Wildman–Crippen LogP) is 4.21. The summed E-state index contributed by atoms with van der Waals surface area (Å²) < 4.78 is 13.2. The van der Waals surface area contributed by atoms with Crippen LogP contribution in [0, 0.1) is 7.14 Å². The minimum absolute atomic E-state index is 0.0857. The Balaban J connectivity index is 1.90. The normalized spacial score (nSPS) is 10.9. The average Bonchev–Trinajstić information content (AvgIpc) is 2.57. The van der Waals surface area contributed by atoms with Crippen LogP contribution >= 0.6 is 45.2 Å². The molecule has 0 aliphatic rings. The molecule has 0 heterocycles. The zero-order valence-corrected chi connectivity index (χ0v) is 18.1. The molecule has 0 atom stereocenters. The fraction of sp³-hybridized carbons (Fsp3) is 0.222. The first-order chi connectivity index (χ1) is 12.0. The molecule has 0 spiro atoms. The van der Waals surface area contributed by atoms with Gasteiger partial charge in [0, 0.05) is 0 Å². The molecule has 2 aromatic rings. The third kappa shape index (κ3) is 6.81. The number of hydrazone groups is 1. The van der Waals surface area contributed by atoms with Crippen LogP contribution in [0.5, 0.6) is 11.5 Å². The first-order valence-corrected chi connectivity index (χ1v) is 9.77. The van der Waals surface area contributed by atoms with Gasteiger partial charge in [0.2, 0.25) is 0 Å². The van der Waals surface area contributed by atoms with Gasteiger partial charge in [0.1, 0.15) is 11.5 Å². The summed E-state index contributed by atoms with van der Waals surface area (Å²) in [6.45, 7) is 3.90. The van der Waals surface area contributed by atoms with Crippen LogP contribution in [-0.2, 0) is 4.79 Å². The molecule has 25 heavy (non-hydrogen) atoms.